The number of hydrogen-bond acceptors (Lipinski definition) is 6. The standard InChI is InChI=1S/C9H15N5O2/c1-11-8-7(16-2)9(14-5-13-8)12-4-3-6(10)15/h5H,3-4H2,1-2H3,(H2,10,15)(H2,11,12,13,14). The Morgan fingerprint density at radius 1 is 1.50 bits per heavy atom. The first kappa shape index (κ1) is 12.0. The number of carbonyl (C=O) groups is 1. The summed E-state index contributed by atoms with van der Waals surface area (Å²) in [7, 11) is 3.26. The Morgan fingerprint density at radius 2 is 2.19 bits per heavy atom. The molecule has 7 nitrogen and oxygen atoms in total. The summed E-state index contributed by atoms with van der Waals surface area (Å²) in [6.45, 7) is 0.409. The van der Waals surface area contributed by atoms with Gasteiger partial charge in [-0.25, -0.2) is 9.97 Å². The lowest BCUT2D eigenvalue weighted by Crippen LogP contribution is -2.16. The highest BCUT2D eigenvalue weighted by molar-refractivity contribution is 5.74. The first-order valence-electron chi connectivity index (χ1n) is 4.78. The zero-order chi connectivity index (χ0) is 12.0. The summed E-state index contributed by atoms with van der Waals surface area (Å²) in [5.41, 5.74) is 5.03. The van der Waals surface area contributed by atoms with E-state index in [0.29, 0.717) is 23.9 Å². The average molecular weight is 225 g/mol. The molecule has 0 fully saturated rings. The van der Waals surface area contributed by atoms with Crippen molar-refractivity contribution in [3.05, 3.63) is 6.33 Å². The molecule has 0 saturated heterocycles. The monoisotopic (exact) mass is 225 g/mol. The van der Waals surface area contributed by atoms with E-state index in [4.69, 9.17) is 10.5 Å². The Bertz CT molecular complexity index is 369. The highest BCUT2D eigenvalue weighted by Gasteiger charge is 2.10. The van der Waals surface area contributed by atoms with Crippen LogP contribution in [0.3, 0.4) is 0 Å². The average Bonchev–Trinajstić information content (AvgIpc) is 2.28. The number of primary amides is 1. The predicted molar refractivity (Wildman–Crippen MR) is 60.4 cm³/mol. The number of carbonyl (C=O) groups excluding carboxylic acids is 1. The van der Waals surface area contributed by atoms with Gasteiger partial charge >= 0.3 is 0 Å². The van der Waals surface area contributed by atoms with E-state index in [0.717, 1.165) is 0 Å². The van der Waals surface area contributed by atoms with Crippen molar-refractivity contribution < 1.29 is 9.53 Å². The van der Waals surface area contributed by atoms with Gasteiger partial charge in [0, 0.05) is 20.0 Å². The molecule has 4 N–H and O–H groups in total. The Hall–Kier alpha value is -2.05. The van der Waals surface area contributed by atoms with Crippen molar-refractivity contribution in [1.82, 2.24) is 9.97 Å². The van der Waals surface area contributed by atoms with Gasteiger partial charge in [0.15, 0.2) is 11.6 Å². The molecular formula is C9H15N5O2. The maximum absolute atomic E-state index is 10.6. The Kier molecular flexibility index (Phi) is 4.31. The van der Waals surface area contributed by atoms with Gasteiger partial charge in [0.1, 0.15) is 6.33 Å². The van der Waals surface area contributed by atoms with E-state index in [1.807, 2.05) is 0 Å². The zero-order valence-electron chi connectivity index (χ0n) is 9.28. The lowest BCUT2D eigenvalue weighted by atomic mass is 10.4. The topological polar surface area (TPSA) is 102 Å². The molecule has 16 heavy (non-hydrogen) atoms. The first-order chi connectivity index (χ1) is 7.69. The maximum atomic E-state index is 10.6. The minimum atomic E-state index is -0.366. The number of ether oxygens (including phenoxy) is 1. The summed E-state index contributed by atoms with van der Waals surface area (Å²) < 4.78 is 5.16. The molecule has 88 valence electrons. The molecule has 7 heteroatoms. The first-order valence-corrected chi connectivity index (χ1v) is 4.78. The van der Waals surface area contributed by atoms with Crippen LogP contribution in [0.25, 0.3) is 0 Å². The Labute approximate surface area is 93.4 Å². The van der Waals surface area contributed by atoms with Gasteiger partial charge in [-0.2, -0.15) is 0 Å². The fraction of sp³-hybridized carbons (Fsp3) is 0.444. The summed E-state index contributed by atoms with van der Waals surface area (Å²) in [5, 5.41) is 5.83. The number of hydrogen-bond donors (Lipinski definition) is 3. The van der Waals surface area contributed by atoms with E-state index in [-0.39, 0.29) is 12.3 Å². The molecule has 0 atom stereocenters. The minimum Gasteiger partial charge on any atom is -0.490 e. The van der Waals surface area contributed by atoms with Gasteiger partial charge in [-0.1, -0.05) is 0 Å². The van der Waals surface area contributed by atoms with Gasteiger partial charge in [0.2, 0.25) is 11.7 Å². The van der Waals surface area contributed by atoms with Gasteiger partial charge in [0.25, 0.3) is 0 Å². The highest BCUT2D eigenvalue weighted by Crippen LogP contribution is 2.28. The third kappa shape index (κ3) is 2.97. The van der Waals surface area contributed by atoms with Crippen molar-refractivity contribution >= 4 is 17.5 Å². The molecule has 1 amide bonds. The van der Waals surface area contributed by atoms with Crippen LogP contribution in [0.5, 0.6) is 5.75 Å². The molecule has 0 spiro atoms. The molecule has 0 bridgehead atoms. The van der Waals surface area contributed by atoms with Crippen LogP contribution in [0.4, 0.5) is 11.6 Å². The quantitative estimate of drug-likeness (QED) is 0.620. The second-order valence-electron chi connectivity index (χ2n) is 3.00. The normalized spacial score (nSPS) is 9.62. The number of methoxy groups -OCH3 is 1. The molecule has 1 rings (SSSR count). The summed E-state index contributed by atoms with van der Waals surface area (Å²) >= 11 is 0. The second kappa shape index (κ2) is 5.74. The van der Waals surface area contributed by atoms with E-state index in [1.165, 1.54) is 13.4 Å². The van der Waals surface area contributed by atoms with Crippen molar-refractivity contribution in [2.45, 2.75) is 6.42 Å². The van der Waals surface area contributed by atoms with E-state index in [1.54, 1.807) is 7.05 Å². The van der Waals surface area contributed by atoms with Crippen LogP contribution in [0.1, 0.15) is 6.42 Å². The van der Waals surface area contributed by atoms with Crippen molar-refractivity contribution in [3.63, 3.8) is 0 Å². The molecule has 0 saturated carbocycles. The van der Waals surface area contributed by atoms with Gasteiger partial charge in [-0.15, -0.1) is 0 Å². The van der Waals surface area contributed by atoms with Crippen LogP contribution < -0.4 is 21.1 Å². The van der Waals surface area contributed by atoms with Crippen LogP contribution in [-0.4, -0.2) is 36.6 Å². The molecule has 0 radical (unpaired) electrons. The molecule has 1 aromatic heterocycles. The van der Waals surface area contributed by atoms with Crippen molar-refractivity contribution in [2.75, 3.05) is 31.3 Å². The van der Waals surface area contributed by atoms with Crippen molar-refractivity contribution in [2.24, 2.45) is 5.73 Å². The van der Waals surface area contributed by atoms with Crippen LogP contribution in [0.15, 0.2) is 6.33 Å². The van der Waals surface area contributed by atoms with Gasteiger partial charge in [-0.05, 0) is 0 Å². The number of anilines is 2. The van der Waals surface area contributed by atoms with Crippen LogP contribution >= 0.6 is 0 Å². The van der Waals surface area contributed by atoms with Gasteiger partial charge in [0.05, 0.1) is 7.11 Å². The number of nitrogens with zero attached hydrogens (tertiary/aromatic N) is 2. The third-order valence-electron chi connectivity index (χ3n) is 1.91. The van der Waals surface area contributed by atoms with E-state index >= 15 is 0 Å². The predicted octanol–water partition coefficient (Wildman–Crippen LogP) is -0.186. The Balaban J connectivity index is 2.74. The second-order valence-corrected chi connectivity index (χ2v) is 3.00. The van der Waals surface area contributed by atoms with Gasteiger partial charge in [-0.3, -0.25) is 4.79 Å². The molecule has 0 aliphatic carbocycles. The van der Waals surface area contributed by atoms with Gasteiger partial charge < -0.3 is 21.1 Å². The number of amides is 1. The summed E-state index contributed by atoms with van der Waals surface area (Å²) in [6, 6.07) is 0. The van der Waals surface area contributed by atoms with E-state index in [2.05, 4.69) is 20.6 Å². The number of nitrogens with two attached hydrogens (primary N) is 1. The fourth-order valence-electron chi connectivity index (χ4n) is 1.18. The minimum absolute atomic E-state index is 0.238. The largest absolute Gasteiger partial charge is 0.490 e. The third-order valence-corrected chi connectivity index (χ3v) is 1.91. The lowest BCUT2D eigenvalue weighted by Gasteiger charge is -2.11. The van der Waals surface area contributed by atoms with Crippen LogP contribution in [0.2, 0.25) is 0 Å². The van der Waals surface area contributed by atoms with Crippen LogP contribution in [-0.2, 0) is 4.79 Å². The van der Waals surface area contributed by atoms with Crippen molar-refractivity contribution in [3.8, 4) is 5.75 Å². The van der Waals surface area contributed by atoms with E-state index in [9.17, 15) is 4.79 Å². The number of rotatable bonds is 6. The smallest absolute Gasteiger partial charge is 0.219 e. The molecule has 0 aliphatic rings. The molecule has 1 heterocycles. The molecular weight excluding hydrogens is 210 g/mol. The van der Waals surface area contributed by atoms with Crippen molar-refractivity contribution in [1.29, 1.82) is 0 Å². The highest BCUT2D eigenvalue weighted by atomic mass is 16.5. The lowest BCUT2D eigenvalue weighted by molar-refractivity contribution is -0.117. The maximum Gasteiger partial charge on any atom is 0.219 e. The summed E-state index contributed by atoms with van der Waals surface area (Å²) in [6.07, 6.45) is 1.64. The molecule has 0 aliphatic heterocycles. The van der Waals surface area contributed by atoms with Crippen LogP contribution in [0, 0.1) is 0 Å². The Morgan fingerprint density at radius 3 is 2.75 bits per heavy atom. The fourth-order valence-corrected chi connectivity index (χ4v) is 1.18. The SMILES string of the molecule is CNc1ncnc(NCCC(N)=O)c1OC. The van der Waals surface area contributed by atoms with E-state index < -0.39 is 0 Å². The molecule has 1 aromatic rings. The zero-order valence-corrected chi connectivity index (χ0v) is 9.28. The summed E-state index contributed by atoms with van der Waals surface area (Å²) in [5.74, 6) is 1.26. The summed E-state index contributed by atoms with van der Waals surface area (Å²) in [4.78, 5) is 18.6. The molecule has 0 unspecified atom stereocenters. The number of aromatic nitrogens is 2. The number of nitrogens with one attached hydrogen (secondary N) is 2. The molecule has 0 aromatic carbocycles.